The topological polar surface area (TPSA) is 50.7 Å². The van der Waals surface area contributed by atoms with E-state index in [1.165, 1.54) is 18.5 Å². The van der Waals surface area contributed by atoms with Gasteiger partial charge in [0.25, 0.3) is 5.56 Å². The van der Waals surface area contributed by atoms with Gasteiger partial charge in [-0.25, -0.2) is 9.37 Å². The predicted octanol–water partition coefficient (Wildman–Crippen LogP) is 3.83. The highest BCUT2D eigenvalue weighted by molar-refractivity contribution is 5.94. The summed E-state index contributed by atoms with van der Waals surface area (Å²) in [6, 6.07) is 14.1. The van der Waals surface area contributed by atoms with Crippen LogP contribution in [0.1, 0.15) is 5.56 Å². The smallest absolute Gasteiger partial charge is 0.260 e. The van der Waals surface area contributed by atoms with E-state index in [1.54, 1.807) is 16.7 Å². The van der Waals surface area contributed by atoms with Crippen LogP contribution >= 0.6 is 0 Å². The van der Waals surface area contributed by atoms with Crippen molar-refractivity contribution >= 4 is 11.0 Å². The highest BCUT2D eigenvalue weighted by atomic mass is 19.1. The van der Waals surface area contributed by atoms with E-state index < -0.39 is 0 Å². The lowest BCUT2D eigenvalue weighted by Gasteiger charge is -2.03. The number of nitrogens with one attached hydrogen (secondary N) is 1. The number of hydrogen-bond acceptors (Lipinski definition) is 2. The van der Waals surface area contributed by atoms with Crippen molar-refractivity contribution in [2.45, 2.75) is 6.92 Å². The van der Waals surface area contributed by atoms with Crippen LogP contribution in [0.2, 0.25) is 0 Å². The van der Waals surface area contributed by atoms with Gasteiger partial charge in [-0.2, -0.15) is 0 Å². The van der Waals surface area contributed by atoms with E-state index in [4.69, 9.17) is 0 Å². The van der Waals surface area contributed by atoms with Crippen LogP contribution in [0.15, 0.2) is 65.8 Å². The van der Waals surface area contributed by atoms with E-state index in [0.29, 0.717) is 16.7 Å². The Morgan fingerprint density at radius 3 is 2.67 bits per heavy atom. The molecule has 4 aromatic rings. The zero-order chi connectivity index (χ0) is 16.7. The third-order valence-corrected chi connectivity index (χ3v) is 4.04. The van der Waals surface area contributed by atoms with Crippen LogP contribution in [0.4, 0.5) is 4.39 Å². The molecule has 5 heteroatoms. The van der Waals surface area contributed by atoms with E-state index in [-0.39, 0.29) is 11.4 Å². The molecule has 2 aromatic carbocycles. The molecule has 0 amide bonds. The first-order valence-electron chi connectivity index (χ1n) is 7.55. The molecule has 118 valence electrons. The van der Waals surface area contributed by atoms with Crippen molar-refractivity contribution < 1.29 is 4.39 Å². The Morgan fingerprint density at radius 2 is 1.92 bits per heavy atom. The van der Waals surface area contributed by atoms with Gasteiger partial charge < -0.3 is 9.55 Å². The number of benzene rings is 2. The largest absolute Gasteiger partial charge is 0.312 e. The first-order chi connectivity index (χ1) is 11.6. The molecule has 4 nitrogen and oxygen atoms in total. The molecule has 0 atom stereocenters. The number of aromatic nitrogens is 3. The molecule has 0 fully saturated rings. The van der Waals surface area contributed by atoms with Crippen molar-refractivity contribution in [3.05, 3.63) is 82.8 Å². The summed E-state index contributed by atoms with van der Waals surface area (Å²) in [5, 5.41) is 0.491. The summed E-state index contributed by atoms with van der Waals surface area (Å²) in [6.45, 7) is 2.01. The number of fused-ring (bicyclic) bond motifs is 1. The van der Waals surface area contributed by atoms with Crippen LogP contribution in [-0.2, 0) is 0 Å². The molecule has 0 radical (unpaired) electrons. The number of halogens is 1. The Bertz CT molecular complexity index is 1090. The normalized spacial score (nSPS) is 11.1. The number of aromatic amines is 1. The summed E-state index contributed by atoms with van der Waals surface area (Å²) in [4.78, 5) is 19.3. The van der Waals surface area contributed by atoms with Gasteiger partial charge in [-0.3, -0.25) is 4.79 Å². The van der Waals surface area contributed by atoms with Crippen LogP contribution in [0, 0.1) is 12.7 Å². The van der Waals surface area contributed by atoms with Crippen LogP contribution in [-0.4, -0.2) is 14.5 Å². The quantitative estimate of drug-likeness (QED) is 0.610. The maximum atomic E-state index is 13.6. The molecule has 0 unspecified atom stereocenters. The molecule has 0 aliphatic carbocycles. The second-order valence-corrected chi connectivity index (χ2v) is 5.69. The molecule has 0 aliphatic rings. The highest BCUT2D eigenvalue weighted by Crippen LogP contribution is 2.29. The fourth-order valence-corrected chi connectivity index (χ4v) is 2.85. The van der Waals surface area contributed by atoms with Gasteiger partial charge in [0.2, 0.25) is 0 Å². The van der Waals surface area contributed by atoms with Crippen molar-refractivity contribution in [2.24, 2.45) is 0 Å². The lowest BCUT2D eigenvalue weighted by Crippen LogP contribution is -2.07. The number of nitrogens with zero attached hydrogens (tertiary/aromatic N) is 2. The van der Waals surface area contributed by atoms with Crippen molar-refractivity contribution in [3.8, 4) is 16.8 Å². The summed E-state index contributed by atoms with van der Waals surface area (Å²) in [6.07, 6.45) is 3.19. The van der Waals surface area contributed by atoms with E-state index in [2.05, 4.69) is 9.97 Å². The number of aryl methyl sites for hydroxylation is 1. The second-order valence-electron chi connectivity index (χ2n) is 5.69. The lowest BCUT2D eigenvalue weighted by atomic mass is 10.1. The zero-order valence-electron chi connectivity index (χ0n) is 13.0. The number of hydrogen-bond donors (Lipinski definition) is 1. The van der Waals surface area contributed by atoms with Gasteiger partial charge in [0.05, 0.1) is 11.7 Å². The van der Waals surface area contributed by atoms with Gasteiger partial charge in [0.15, 0.2) is 5.65 Å². The van der Waals surface area contributed by atoms with Crippen molar-refractivity contribution in [2.75, 3.05) is 0 Å². The first-order valence-corrected chi connectivity index (χ1v) is 7.55. The number of rotatable bonds is 2. The maximum Gasteiger partial charge on any atom is 0.260 e. The molecule has 0 aliphatic heterocycles. The molecule has 4 rings (SSSR count). The third-order valence-electron chi connectivity index (χ3n) is 4.04. The fourth-order valence-electron chi connectivity index (χ4n) is 2.85. The van der Waals surface area contributed by atoms with E-state index in [9.17, 15) is 9.18 Å². The molecule has 1 N–H and O–H groups in total. The van der Waals surface area contributed by atoms with Crippen LogP contribution in [0.3, 0.4) is 0 Å². The lowest BCUT2D eigenvalue weighted by molar-refractivity contribution is 0.627. The minimum absolute atomic E-state index is 0.217. The molecule has 2 aromatic heterocycles. The Hall–Kier alpha value is -3.21. The minimum Gasteiger partial charge on any atom is -0.312 e. The summed E-state index contributed by atoms with van der Waals surface area (Å²) in [5.74, 6) is -0.337. The third kappa shape index (κ3) is 2.31. The standard InChI is InChI=1S/C19H14FN3O/c1-12-5-7-13(8-6-12)16-10-23(15-4-2-3-14(20)9-15)18-17(16)19(24)22-11-21-18/h2-11H,1H3,(H,21,22,24). The second kappa shape index (κ2) is 5.45. The molecule has 0 saturated heterocycles. The zero-order valence-corrected chi connectivity index (χ0v) is 13.0. The highest BCUT2D eigenvalue weighted by Gasteiger charge is 2.15. The van der Waals surface area contributed by atoms with Gasteiger partial charge >= 0.3 is 0 Å². The predicted molar refractivity (Wildman–Crippen MR) is 91.8 cm³/mol. The van der Waals surface area contributed by atoms with Gasteiger partial charge in [0, 0.05) is 17.4 Å². The molecular weight excluding hydrogens is 305 g/mol. The van der Waals surface area contributed by atoms with E-state index in [1.807, 2.05) is 37.4 Å². The van der Waals surface area contributed by atoms with Crippen LogP contribution in [0.25, 0.3) is 27.8 Å². The average Bonchev–Trinajstić information content (AvgIpc) is 2.97. The van der Waals surface area contributed by atoms with Gasteiger partial charge in [-0.15, -0.1) is 0 Å². The Morgan fingerprint density at radius 1 is 1.12 bits per heavy atom. The van der Waals surface area contributed by atoms with Crippen molar-refractivity contribution in [1.82, 2.24) is 14.5 Å². The fraction of sp³-hybridized carbons (Fsp3) is 0.0526. The van der Waals surface area contributed by atoms with Gasteiger partial charge in [-0.05, 0) is 30.7 Å². The molecule has 0 spiro atoms. The maximum absolute atomic E-state index is 13.6. The van der Waals surface area contributed by atoms with Crippen molar-refractivity contribution in [1.29, 1.82) is 0 Å². The summed E-state index contributed by atoms with van der Waals surface area (Å²) < 4.78 is 15.3. The van der Waals surface area contributed by atoms with Gasteiger partial charge in [-0.1, -0.05) is 35.9 Å². The Labute approximate surface area is 137 Å². The molecule has 0 saturated carbocycles. The van der Waals surface area contributed by atoms with E-state index in [0.717, 1.165) is 16.7 Å². The SMILES string of the molecule is Cc1ccc(-c2cn(-c3cccc(F)c3)c3nc[nH]c(=O)c23)cc1. The summed E-state index contributed by atoms with van der Waals surface area (Å²) in [5.41, 5.74) is 3.73. The van der Waals surface area contributed by atoms with E-state index >= 15 is 0 Å². The molecule has 2 heterocycles. The van der Waals surface area contributed by atoms with Crippen molar-refractivity contribution in [3.63, 3.8) is 0 Å². The number of H-pyrrole nitrogens is 1. The Balaban J connectivity index is 2.05. The van der Waals surface area contributed by atoms with Crippen LogP contribution < -0.4 is 5.56 Å². The summed E-state index contributed by atoms with van der Waals surface area (Å²) >= 11 is 0. The molecule has 0 bridgehead atoms. The van der Waals surface area contributed by atoms with Crippen LogP contribution in [0.5, 0.6) is 0 Å². The monoisotopic (exact) mass is 319 g/mol. The Kier molecular flexibility index (Phi) is 3.27. The molecule has 24 heavy (non-hydrogen) atoms. The van der Waals surface area contributed by atoms with Gasteiger partial charge in [0.1, 0.15) is 5.82 Å². The minimum atomic E-state index is -0.337. The molecular formula is C19H14FN3O. The first kappa shape index (κ1) is 14.4. The average molecular weight is 319 g/mol. The summed E-state index contributed by atoms with van der Waals surface area (Å²) in [7, 11) is 0.